The SMILES string of the molecule is CC1CN(C)CCCN1C(=O)C1(C(N)=NO)CCC1. The number of hydrogen-bond donors (Lipinski definition) is 2. The maximum Gasteiger partial charge on any atom is 0.236 e. The zero-order valence-corrected chi connectivity index (χ0v) is 11.8. The first-order valence-corrected chi connectivity index (χ1v) is 6.99. The number of nitrogens with zero attached hydrogens (tertiary/aromatic N) is 3. The lowest BCUT2D eigenvalue weighted by molar-refractivity contribution is -0.144. The minimum atomic E-state index is -0.744. The number of rotatable bonds is 2. The fourth-order valence-corrected chi connectivity index (χ4v) is 3.15. The van der Waals surface area contributed by atoms with Crippen LogP contribution in [0.15, 0.2) is 5.16 Å². The van der Waals surface area contributed by atoms with Crippen molar-refractivity contribution in [2.24, 2.45) is 16.3 Å². The predicted molar refractivity (Wildman–Crippen MR) is 73.0 cm³/mol. The number of likely N-dealkylation sites (N-methyl/N-ethyl adjacent to an activating group) is 1. The number of carbonyl (C=O) groups is 1. The summed E-state index contributed by atoms with van der Waals surface area (Å²) in [7, 11) is 2.08. The van der Waals surface area contributed by atoms with Crippen molar-refractivity contribution in [3.63, 3.8) is 0 Å². The highest BCUT2D eigenvalue weighted by molar-refractivity contribution is 6.07. The summed E-state index contributed by atoms with van der Waals surface area (Å²) in [6, 6.07) is 0.170. The van der Waals surface area contributed by atoms with E-state index in [2.05, 4.69) is 24.0 Å². The van der Waals surface area contributed by atoms with Gasteiger partial charge in [0.25, 0.3) is 0 Å². The molecule has 6 nitrogen and oxygen atoms in total. The molecule has 0 aromatic heterocycles. The van der Waals surface area contributed by atoms with Gasteiger partial charge < -0.3 is 20.7 Å². The maximum atomic E-state index is 12.8. The van der Waals surface area contributed by atoms with Gasteiger partial charge in [-0.25, -0.2) is 0 Å². The van der Waals surface area contributed by atoms with Crippen LogP contribution in [0.5, 0.6) is 0 Å². The third-order valence-corrected chi connectivity index (χ3v) is 4.52. The van der Waals surface area contributed by atoms with Gasteiger partial charge in [-0.15, -0.1) is 0 Å². The third kappa shape index (κ3) is 2.41. The van der Waals surface area contributed by atoms with Crippen LogP contribution in [-0.2, 0) is 4.79 Å². The quantitative estimate of drug-likeness (QED) is 0.330. The fourth-order valence-electron chi connectivity index (χ4n) is 3.15. The van der Waals surface area contributed by atoms with Gasteiger partial charge in [0.05, 0.1) is 0 Å². The van der Waals surface area contributed by atoms with E-state index in [-0.39, 0.29) is 17.8 Å². The van der Waals surface area contributed by atoms with Gasteiger partial charge >= 0.3 is 0 Å². The molecule has 0 aromatic carbocycles. The van der Waals surface area contributed by atoms with Crippen LogP contribution in [0, 0.1) is 5.41 Å². The minimum absolute atomic E-state index is 0.0388. The molecule has 19 heavy (non-hydrogen) atoms. The highest BCUT2D eigenvalue weighted by Gasteiger charge is 2.51. The number of nitrogens with two attached hydrogens (primary N) is 1. The van der Waals surface area contributed by atoms with Crippen molar-refractivity contribution < 1.29 is 10.0 Å². The topological polar surface area (TPSA) is 82.2 Å². The molecule has 0 spiro atoms. The van der Waals surface area contributed by atoms with Crippen molar-refractivity contribution in [3.8, 4) is 0 Å². The van der Waals surface area contributed by atoms with Gasteiger partial charge in [-0.05, 0) is 39.8 Å². The molecule has 3 N–H and O–H groups in total. The van der Waals surface area contributed by atoms with E-state index in [1.165, 1.54) is 0 Å². The molecule has 1 aliphatic carbocycles. The summed E-state index contributed by atoms with van der Waals surface area (Å²) in [4.78, 5) is 17.0. The van der Waals surface area contributed by atoms with Crippen molar-refractivity contribution in [2.75, 3.05) is 26.7 Å². The molecule has 1 saturated carbocycles. The van der Waals surface area contributed by atoms with Crippen molar-refractivity contribution in [2.45, 2.75) is 38.6 Å². The average Bonchev–Trinajstić information content (AvgIpc) is 2.48. The van der Waals surface area contributed by atoms with Crippen molar-refractivity contribution >= 4 is 11.7 Å². The van der Waals surface area contributed by atoms with Gasteiger partial charge in [0.1, 0.15) is 5.41 Å². The summed E-state index contributed by atoms with van der Waals surface area (Å²) < 4.78 is 0. The molecule has 1 heterocycles. The first-order valence-electron chi connectivity index (χ1n) is 6.99. The van der Waals surface area contributed by atoms with Crippen molar-refractivity contribution in [1.29, 1.82) is 0 Å². The molecule has 0 radical (unpaired) electrons. The van der Waals surface area contributed by atoms with E-state index < -0.39 is 5.41 Å². The lowest BCUT2D eigenvalue weighted by Gasteiger charge is -2.43. The normalized spacial score (nSPS) is 28.6. The van der Waals surface area contributed by atoms with E-state index in [1.54, 1.807) is 0 Å². The Kier molecular flexibility index (Phi) is 3.99. The molecule has 1 saturated heterocycles. The Morgan fingerprint density at radius 3 is 2.58 bits per heavy atom. The molecule has 1 amide bonds. The first-order chi connectivity index (χ1) is 9.01. The number of carbonyl (C=O) groups excluding carboxylic acids is 1. The summed E-state index contributed by atoms with van der Waals surface area (Å²) in [5, 5.41) is 12.0. The minimum Gasteiger partial charge on any atom is -0.409 e. The van der Waals surface area contributed by atoms with Crippen LogP contribution in [0.4, 0.5) is 0 Å². The van der Waals surface area contributed by atoms with Gasteiger partial charge in [0.15, 0.2) is 5.84 Å². The number of amidine groups is 1. The van der Waals surface area contributed by atoms with Crippen LogP contribution in [0.1, 0.15) is 32.6 Å². The van der Waals surface area contributed by atoms with Crippen LogP contribution in [-0.4, -0.2) is 59.5 Å². The maximum absolute atomic E-state index is 12.8. The largest absolute Gasteiger partial charge is 0.409 e. The van der Waals surface area contributed by atoms with E-state index in [4.69, 9.17) is 10.9 Å². The molecule has 1 atom stereocenters. The predicted octanol–water partition coefficient (Wildman–Crippen LogP) is 0.456. The zero-order valence-electron chi connectivity index (χ0n) is 11.8. The van der Waals surface area contributed by atoms with Crippen LogP contribution < -0.4 is 5.73 Å². The van der Waals surface area contributed by atoms with Crippen molar-refractivity contribution in [1.82, 2.24) is 9.80 Å². The second kappa shape index (κ2) is 5.36. The Hall–Kier alpha value is -1.30. The second-order valence-electron chi connectivity index (χ2n) is 5.88. The molecular weight excluding hydrogens is 244 g/mol. The lowest BCUT2D eigenvalue weighted by atomic mass is 9.66. The van der Waals surface area contributed by atoms with E-state index in [0.717, 1.165) is 32.5 Å². The van der Waals surface area contributed by atoms with Crippen LogP contribution in [0.2, 0.25) is 0 Å². The fraction of sp³-hybridized carbons (Fsp3) is 0.846. The standard InChI is InChI=1S/C13H24N4O2/c1-10-9-16(2)7-4-8-17(10)12(18)13(5-3-6-13)11(14)15-19/h10,19H,3-9H2,1-2H3,(H2,14,15). The Morgan fingerprint density at radius 2 is 2.05 bits per heavy atom. The molecule has 6 heteroatoms. The third-order valence-electron chi connectivity index (χ3n) is 4.52. The molecule has 1 aliphatic heterocycles. The second-order valence-corrected chi connectivity index (χ2v) is 5.88. The number of oxime groups is 1. The summed E-state index contributed by atoms with van der Waals surface area (Å²) in [6.45, 7) is 4.70. The molecule has 2 aliphatic rings. The van der Waals surface area contributed by atoms with Gasteiger partial charge in [0.2, 0.25) is 5.91 Å². The highest BCUT2D eigenvalue weighted by Crippen LogP contribution is 2.43. The molecule has 108 valence electrons. The Morgan fingerprint density at radius 1 is 1.37 bits per heavy atom. The Labute approximate surface area is 114 Å². The molecular formula is C13H24N4O2. The monoisotopic (exact) mass is 268 g/mol. The van der Waals surface area contributed by atoms with Gasteiger partial charge in [-0.1, -0.05) is 11.6 Å². The zero-order chi connectivity index (χ0) is 14.0. The van der Waals surface area contributed by atoms with Crippen LogP contribution in [0.3, 0.4) is 0 Å². The Bertz CT molecular complexity index is 379. The Balaban J connectivity index is 2.18. The van der Waals surface area contributed by atoms with Gasteiger partial charge in [-0.2, -0.15) is 0 Å². The molecule has 2 fully saturated rings. The van der Waals surface area contributed by atoms with Crippen LogP contribution >= 0.6 is 0 Å². The summed E-state index contributed by atoms with van der Waals surface area (Å²) >= 11 is 0. The summed E-state index contributed by atoms with van der Waals surface area (Å²) in [5.74, 6) is 0.116. The van der Waals surface area contributed by atoms with E-state index in [0.29, 0.717) is 12.8 Å². The van der Waals surface area contributed by atoms with E-state index in [1.807, 2.05) is 4.90 Å². The number of hydrogen-bond acceptors (Lipinski definition) is 4. The molecule has 0 bridgehead atoms. The van der Waals surface area contributed by atoms with Crippen LogP contribution in [0.25, 0.3) is 0 Å². The molecule has 1 unspecified atom stereocenters. The summed E-state index contributed by atoms with van der Waals surface area (Å²) in [6.07, 6.45) is 3.32. The van der Waals surface area contributed by atoms with E-state index >= 15 is 0 Å². The molecule has 0 aromatic rings. The first kappa shape index (κ1) is 14.1. The highest BCUT2D eigenvalue weighted by atomic mass is 16.4. The van der Waals surface area contributed by atoms with Gasteiger partial charge in [-0.3, -0.25) is 4.79 Å². The van der Waals surface area contributed by atoms with E-state index in [9.17, 15) is 4.79 Å². The van der Waals surface area contributed by atoms with Gasteiger partial charge in [0, 0.05) is 19.1 Å². The lowest BCUT2D eigenvalue weighted by Crippen LogP contribution is -2.57. The van der Waals surface area contributed by atoms with Crippen molar-refractivity contribution in [3.05, 3.63) is 0 Å². The summed E-state index contributed by atoms with van der Waals surface area (Å²) in [5.41, 5.74) is 5.03. The smallest absolute Gasteiger partial charge is 0.236 e. The average molecular weight is 268 g/mol. The molecule has 2 rings (SSSR count). The number of amides is 1.